The SMILES string of the molecule is C=N/C(=C\C(=N/COc1cc(F)c2[nH]c(C)cc2c1)N1CCN(C)CC1)Nc1cc(C)[nH]n1. The topological polar surface area (TPSA) is 96.9 Å². The normalized spacial score (nSPS) is 15.8. The van der Waals surface area contributed by atoms with Crippen LogP contribution in [-0.2, 0) is 0 Å². The van der Waals surface area contributed by atoms with Gasteiger partial charge in [0.1, 0.15) is 17.4 Å². The molecule has 33 heavy (non-hydrogen) atoms. The van der Waals surface area contributed by atoms with Gasteiger partial charge in [0.15, 0.2) is 18.4 Å². The number of ether oxygens (including phenoxy) is 1. The lowest BCUT2D eigenvalue weighted by molar-refractivity contribution is 0.214. The van der Waals surface area contributed by atoms with Gasteiger partial charge in [-0.2, -0.15) is 5.10 Å². The van der Waals surface area contributed by atoms with E-state index in [0.29, 0.717) is 28.7 Å². The van der Waals surface area contributed by atoms with Crippen molar-refractivity contribution in [3.8, 4) is 5.75 Å². The zero-order chi connectivity index (χ0) is 23.4. The van der Waals surface area contributed by atoms with E-state index in [1.807, 2.05) is 32.1 Å². The minimum atomic E-state index is -0.351. The van der Waals surface area contributed by atoms with Gasteiger partial charge in [-0.25, -0.2) is 14.4 Å². The highest BCUT2D eigenvalue weighted by molar-refractivity contribution is 5.94. The van der Waals surface area contributed by atoms with E-state index < -0.39 is 0 Å². The smallest absolute Gasteiger partial charge is 0.181 e. The summed E-state index contributed by atoms with van der Waals surface area (Å²) in [6.45, 7) is 11.0. The number of aryl methyl sites for hydroxylation is 2. The third-order valence-corrected chi connectivity index (χ3v) is 5.47. The van der Waals surface area contributed by atoms with Crippen LogP contribution in [0.1, 0.15) is 11.4 Å². The molecule has 3 aromatic rings. The molecule has 2 aromatic heterocycles. The molecular formula is C23H29FN8O. The number of benzene rings is 1. The average Bonchev–Trinajstić information content (AvgIpc) is 3.37. The van der Waals surface area contributed by atoms with Gasteiger partial charge in [0.05, 0.1) is 5.52 Å². The Bertz CT molecular complexity index is 1190. The van der Waals surface area contributed by atoms with Crippen LogP contribution in [0.3, 0.4) is 0 Å². The molecule has 0 unspecified atom stereocenters. The lowest BCUT2D eigenvalue weighted by Crippen LogP contribution is -2.47. The highest BCUT2D eigenvalue weighted by Gasteiger charge is 2.17. The van der Waals surface area contributed by atoms with Crippen molar-refractivity contribution in [3.63, 3.8) is 0 Å². The van der Waals surface area contributed by atoms with Gasteiger partial charge in [-0.3, -0.25) is 5.10 Å². The van der Waals surface area contributed by atoms with E-state index in [9.17, 15) is 4.39 Å². The lowest BCUT2D eigenvalue weighted by atomic mass is 10.2. The second-order valence-corrected chi connectivity index (χ2v) is 8.15. The molecule has 3 N–H and O–H groups in total. The quantitative estimate of drug-likeness (QED) is 0.378. The molecule has 0 atom stereocenters. The standard InChI is InChI=1S/C23H29FN8O/c1-15-9-17-11-18(12-19(24)23(17)27-15)33-14-26-22(32-7-5-31(4)6-8-32)13-20(25-3)28-21-10-16(2)29-30-21/h9-13,27H,3,5-8,14H2,1-2,4H3,(H2,28,29,30)/b20-13+,26-22+. The number of hydrogen-bond donors (Lipinski definition) is 3. The van der Waals surface area contributed by atoms with Crippen molar-refractivity contribution < 1.29 is 9.13 Å². The first-order valence-electron chi connectivity index (χ1n) is 10.8. The second-order valence-electron chi connectivity index (χ2n) is 8.15. The summed E-state index contributed by atoms with van der Waals surface area (Å²) in [5.41, 5.74) is 2.31. The van der Waals surface area contributed by atoms with Crippen molar-refractivity contribution in [1.82, 2.24) is 25.0 Å². The van der Waals surface area contributed by atoms with Gasteiger partial charge in [-0.1, -0.05) is 0 Å². The first kappa shape index (κ1) is 22.5. The van der Waals surface area contributed by atoms with E-state index in [0.717, 1.165) is 43.0 Å². The Kier molecular flexibility index (Phi) is 6.74. The number of aromatic nitrogens is 3. The Hall–Kier alpha value is -3.66. The summed E-state index contributed by atoms with van der Waals surface area (Å²) in [4.78, 5) is 16.2. The Balaban J connectivity index is 1.54. The number of nitrogens with one attached hydrogen (secondary N) is 3. The summed E-state index contributed by atoms with van der Waals surface area (Å²) in [6.07, 6.45) is 1.82. The van der Waals surface area contributed by atoms with Crippen molar-refractivity contribution in [3.05, 3.63) is 53.4 Å². The predicted molar refractivity (Wildman–Crippen MR) is 130 cm³/mol. The molecule has 1 aromatic carbocycles. The van der Waals surface area contributed by atoms with Crippen LogP contribution in [0.25, 0.3) is 10.9 Å². The molecule has 0 aliphatic carbocycles. The number of aromatic amines is 2. The molecule has 0 spiro atoms. The summed E-state index contributed by atoms with van der Waals surface area (Å²) in [5.74, 6) is 1.96. The largest absolute Gasteiger partial charge is 0.471 e. The van der Waals surface area contributed by atoms with Crippen LogP contribution >= 0.6 is 0 Å². The minimum Gasteiger partial charge on any atom is -0.471 e. The number of piperazine rings is 1. The van der Waals surface area contributed by atoms with Crippen molar-refractivity contribution in [2.75, 3.05) is 45.3 Å². The predicted octanol–water partition coefficient (Wildman–Crippen LogP) is 3.28. The molecular weight excluding hydrogens is 423 g/mol. The van der Waals surface area contributed by atoms with Crippen LogP contribution in [0, 0.1) is 19.7 Å². The van der Waals surface area contributed by atoms with Gasteiger partial charge in [-0.15, -0.1) is 0 Å². The van der Waals surface area contributed by atoms with E-state index in [2.05, 4.69) is 54.0 Å². The molecule has 174 valence electrons. The molecule has 3 heterocycles. The molecule has 10 heteroatoms. The highest BCUT2D eigenvalue weighted by atomic mass is 19.1. The van der Waals surface area contributed by atoms with Crippen molar-refractivity contribution in [2.45, 2.75) is 13.8 Å². The molecule has 1 aliphatic rings. The Morgan fingerprint density at radius 2 is 2.00 bits per heavy atom. The number of aliphatic imine (C=N–C) groups is 2. The summed E-state index contributed by atoms with van der Waals surface area (Å²) in [6, 6.07) is 6.94. The van der Waals surface area contributed by atoms with Gasteiger partial charge in [0, 0.05) is 61.2 Å². The number of nitrogens with zero attached hydrogens (tertiary/aromatic N) is 5. The number of rotatable bonds is 7. The fraction of sp³-hybridized carbons (Fsp3) is 0.348. The number of H-pyrrole nitrogens is 2. The van der Waals surface area contributed by atoms with Crippen LogP contribution in [0.4, 0.5) is 10.2 Å². The van der Waals surface area contributed by atoms with E-state index in [4.69, 9.17) is 4.74 Å². The molecule has 4 rings (SSSR count). The Morgan fingerprint density at radius 1 is 1.21 bits per heavy atom. The third kappa shape index (κ3) is 5.58. The Morgan fingerprint density at radius 3 is 2.70 bits per heavy atom. The molecule has 0 amide bonds. The lowest BCUT2D eigenvalue weighted by Gasteiger charge is -2.33. The summed E-state index contributed by atoms with van der Waals surface area (Å²) < 4.78 is 20.2. The molecule has 9 nitrogen and oxygen atoms in total. The molecule has 0 bridgehead atoms. The number of hydrogen-bond acceptors (Lipinski definition) is 6. The molecule has 1 aliphatic heterocycles. The third-order valence-electron chi connectivity index (χ3n) is 5.47. The number of fused-ring (bicyclic) bond motifs is 1. The number of amidine groups is 1. The van der Waals surface area contributed by atoms with Crippen LogP contribution in [0.2, 0.25) is 0 Å². The average molecular weight is 453 g/mol. The first-order chi connectivity index (χ1) is 15.9. The van der Waals surface area contributed by atoms with E-state index in [1.54, 1.807) is 6.07 Å². The minimum absolute atomic E-state index is 0.0401. The van der Waals surface area contributed by atoms with Gasteiger partial charge in [0.2, 0.25) is 0 Å². The fourth-order valence-electron chi connectivity index (χ4n) is 3.70. The monoisotopic (exact) mass is 452 g/mol. The molecule has 1 saturated heterocycles. The van der Waals surface area contributed by atoms with Gasteiger partial charge in [-0.05, 0) is 39.7 Å². The second kappa shape index (κ2) is 9.86. The van der Waals surface area contributed by atoms with Gasteiger partial charge < -0.3 is 24.8 Å². The van der Waals surface area contributed by atoms with Crippen molar-refractivity contribution >= 4 is 29.3 Å². The van der Waals surface area contributed by atoms with Crippen LogP contribution in [-0.4, -0.2) is 77.5 Å². The van der Waals surface area contributed by atoms with E-state index in [1.165, 1.54) is 6.07 Å². The maximum atomic E-state index is 14.4. The van der Waals surface area contributed by atoms with Gasteiger partial charge in [0.25, 0.3) is 0 Å². The van der Waals surface area contributed by atoms with Crippen molar-refractivity contribution in [1.29, 1.82) is 0 Å². The Labute approximate surface area is 192 Å². The molecule has 0 radical (unpaired) electrons. The number of likely N-dealkylation sites (N-methyl/N-ethyl adjacent to an activating group) is 1. The molecule has 1 fully saturated rings. The number of anilines is 1. The first-order valence-corrected chi connectivity index (χ1v) is 10.8. The van der Waals surface area contributed by atoms with Gasteiger partial charge >= 0.3 is 0 Å². The van der Waals surface area contributed by atoms with Crippen LogP contribution in [0.5, 0.6) is 5.75 Å². The summed E-state index contributed by atoms with van der Waals surface area (Å²) in [7, 11) is 2.10. The number of halogens is 1. The fourth-order valence-corrected chi connectivity index (χ4v) is 3.70. The van der Waals surface area contributed by atoms with Crippen LogP contribution in [0.15, 0.2) is 46.1 Å². The highest BCUT2D eigenvalue weighted by Crippen LogP contribution is 2.25. The summed E-state index contributed by atoms with van der Waals surface area (Å²) in [5, 5.41) is 11.0. The maximum Gasteiger partial charge on any atom is 0.181 e. The maximum absolute atomic E-state index is 14.4. The molecule has 0 saturated carbocycles. The van der Waals surface area contributed by atoms with Crippen LogP contribution < -0.4 is 10.1 Å². The van der Waals surface area contributed by atoms with E-state index >= 15 is 0 Å². The van der Waals surface area contributed by atoms with Crippen molar-refractivity contribution in [2.24, 2.45) is 9.98 Å². The zero-order valence-corrected chi connectivity index (χ0v) is 19.2. The van der Waals surface area contributed by atoms with E-state index in [-0.39, 0.29) is 12.5 Å². The summed E-state index contributed by atoms with van der Waals surface area (Å²) >= 11 is 0. The zero-order valence-electron chi connectivity index (χ0n) is 19.2.